The van der Waals surface area contributed by atoms with Gasteiger partial charge in [-0.1, -0.05) is 18.2 Å². The second kappa shape index (κ2) is 5.89. The molecule has 0 saturated carbocycles. The topological polar surface area (TPSA) is 40.5 Å². The van der Waals surface area contributed by atoms with Gasteiger partial charge in [0, 0.05) is 18.0 Å². The highest BCUT2D eigenvalue weighted by molar-refractivity contribution is 5.95. The Morgan fingerprint density at radius 1 is 1.37 bits per heavy atom. The molecule has 2 aromatic rings. The molecule has 0 saturated heterocycles. The van der Waals surface area contributed by atoms with Crippen molar-refractivity contribution in [2.45, 2.75) is 19.9 Å². The summed E-state index contributed by atoms with van der Waals surface area (Å²) in [7, 11) is 1.66. The molecular formula is C15H19NO3. The normalized spacial score (nSPS) is 12.6. The fourth-order valence-electron chi connectivity index (χ4n) is 2.33. The minimum Gasteiger partial charge on any atom is -0.461 e. The molecule has 2 rings (SSSR count). The average molecular weight is 261 g/mol. The Morgan fingerprint density at radius 3 is 2.79 bits per heavy atom. The van der Waals surface area contributed by atoms with Crippen LogP contribution in [0.5, 0.6) is 0 Å². The Labute approximate surface area is 112 Å². The van der Waals surface area contributed by atoms with Gasteiger partial charge in [0.05, 0.1) is 19.3 Å². The van der Waals surface area contributed by atoms with E-state index >= 15 is 0 Å². The number of esters is 1. The summed E-state index contributed by atoms with van der Waals surface area (Å²) < 4.78 is 12.3. The zero-order valence-corrected chi connectivity index (χ0v) is 11.6. The van der Waals surface area contributed by atoms with Crippen LogP contribution in [0, 0.1) is 0 Å². The number of para-hydroxylation sites is 1. The Hall–Kier alpha value is -1.81. The molecular weight excluding hydrogens is 242 g/mol. The van der Waals surface area contributed by atoms with Crippen LogP contribution in [0.2, 0.25) is 0 Å². The molecule has 0 fully saturated rings. The van der Waals surface area contributed by atoms with E-state index in [0.717, 1.165) is 10.9 Å². The molecule has 0 radical (unpaired) electrons. The Bertz CT molecular complexity index is 574. The number of aromatic nitrogens is 1. The summed E-state index contributed by atoms with van der Waals surface area (Å²) >= 11 is 0. The highest BCUT2D eigenvalue weighted by Gasteiger charge is 2.19. The van der Waals surface area contributed by atoms with E-state index in [1.165, 1.54) is 0 Å². The van der Waals surface area contributed by atoms with Crippen molar-refractivity contribution in [2.75, 3.05) is 20.3 Å². The van der Waals surface area contributed by atoms with Gasteiger partial charge in [-0.2, -0.15) is 0 Å². The molecule has 0 N–H and O–H groups in total. The molecule has 4 nitrogen and oxygen atoms in total. The van der Waals surface area contributed by atoms with Crippen LogP contribution in [0.3, 0.4) is 0 Å². The van der Waals surface area contributed by atoms with Crippen LogP contribution < -0.4 is 0 Å². The lowest BCUT2D eigenvalue weighted by Crippen LogP contribution is -2.18. The number of nitrogens with zero attached hydrogens (tertiary/aromatic N) is 1. The van der Waals surface area contributed by atoms with Gasteiger partial charge in [-0.3, -0.25) is 0 Å². The number of carbonyl (C=O) groups is 1. The van der Waals surface area contributed by atoms with Crippen LogP contribution in [0.15, 0.2) is 30.3 Å². The van der Waals surface area contributed by atoms with Crippen molar-refractivity contribution in [1.82, 2.24) is 4.57 Å². The Balaban J connectivity index is 2.54. The predicted octanol–water partition coefficient (Wildman–Crippen LogP) is 3.03. The number of carbonyl (C=O) groups excluding carboxylic acids is 1. The van der Waals surface area contributed by atoms with Gasteiger partial charge >= 0.3 is 5.97 Å². The molecule has 0 amide bonds. The third kappa shape index (κ3) is 2.63. The molecule has 1 aromatic carbocycles. The lowest BCUT2D eigenvalue weighted by molar-refractivity contribution is 0.0508. The summed E-state index contributed by atoms with van der Waals surface area (Å²) in [6, 6.07) is 9.87. The van der Waals surface area contributed by atoms with Crippen molar-refractivity contribution < 1.29 is 14.3 Å². The first kappa shape index (κ1) is 13.6. The second-order valence-corrected chi connectivity index (χ2v) is 4.48. The fourth-order valence-corrected chi connectivity index (χ4v) is 2.33. The van der Waals surface area contributed by atoms with Gasteiger partial charge in [0.25, 0.3) is 0 Å². The van der Waals surface area contributed by atoms with Crippen LogP contribution in [0.4, 0.5) is 0 Å². The number of benzene rings is 1. The fraction of sp³-hybridized carbons (Fsp3) is 0.400. The molecule has 0 aliphatic carbocycles. The van der Waals surface area contributed by atoms with Gasteiger partial charge < -0.3 is 14.0 Å². The molecule has 1 heterocycles. The lowest BCUT2D eigenvalue weighted by Gasteiger charge is -2.17. The summed E-state index contributed by atoms with van der Waals surface area (Å²) in [6.45, 7) is 4.76. The SMILES string of the molecule is CCOC(=O)c1cc2ccccc2n1C(C)COC. The number of hydrogen-bond donors (Lipinski definition) is 0. The van der Waals surface area contributed by atoms with Crippen LogP contribution in [-0.4, -0.2) is 30.9 Å². The standard InChI is InChI=1S/C15H19NO3/c1-4-19-15(17)14-9-12-7-5-6-8-13(12)16(14)11(2)10-18-3/h5-9,11H,4,10H2,1-3H3. The molecule has 4 heteroatoms. The second-order valence-electron chi connectivity index (χ2n) is 4.48. The van der Waals surface area contributed by atoms with E-state index in [9.17, 15) is 4.79 Å². The lowest BCUT2D eigenvalue weighted by atomic mass is 10.2. The van der Waals surface area contributed by atoms with E-state index in [1.54, 1.807) is 7.11 Å². The highest BCUT2D eigenvalue weighted by atomic mass is 16.5. The molecule has 102 valence electrons. The van der Waals surface area contributed by atoms with Crippen molar-refractivity contribution in [3.8, 4) is 0 Å². The van der Waals surface area contributed by atoms with E-state index in [4.69, 9.17) is 9.47 Å². The molecule has 0 bridgehead atoms. The molecule has 0 aliphatic rings. The quantitative estimate of drug-likeness (QED) is 0.777. The van der Waals surface area contributed by atoms with E-state index in [-0.39, 0.29) is 12.0 Å². The maximum Gasteiger partial charge on any atom is 0.354 e. The summed E-state index contributed by atoms with van der Waals surface area (Å²) in [5, 5.41) is 1.04. The van der Waals surface area contributed by atoms with Crippen molar-refractivity contribution in [3.63, 3.8) is 0 Å². The summed E-state index contributed by atoms with van der Waals surface area (Å²) in [6.07, 6.45) is 0. The van der Waals surface area contributed by atoms with E-state index in [0.29, 0.717) is 18.9 Å². The predicted molar refractivity (Wildman–Crippen MR) is 74.5 cm³/mol. The van der Waals surface area contributed by atoms with Crippen molar-refractivity contribution in [3.05, 3.63) is 36.0 Å². The van der Waals surface area contributed by atoms with Crippen molar-refractivity contribution >= 4 is 16.9 Å². The smallest absolute Gasteiger partial charge is 0.354 e. The van der Waals surface area contributed by atoms with Crippen LogP contribution in [-0.2, 0) is 9.47 Å². The monoisotopic (exact) mass is 261 g/mol. The molecule has 19 heavy (non-hydrogen) atoms. The van der Waals surface area contributed by atoms with E-state index in [1.807, 2.05) is 48.7 Å². The van der Waals surface area contributed by atoms with Crippen molar-refractivity contribution in [1.29, 1.82) is 0 Å². The molecule has 1 unspecified atom stereocenters. The molecule has 0 spiro atoms. The maximum atomic E-state index is 12.1. The van der Waals surface area contributed by atoms with Crippen LogP contribution in [0.1, 0.15) is 30.4 Å². The van der Waals surface area contributed by atoms with Gasteiger partial charge in [-0.05, 0) is 26.0 Å². The van der Waals surface area contributed by atoms with E-state index < -0.39 is 0 Å². The Morgan fingerprint density at radius 2 is 2.11 bits per heavy atom. The van der Waals surface area contributed by atoms with Gasteiger partial charge in [-0.25, -0.2) is 4.79 Å². The first-order chi connectivity index (χ1) is 9.19. The summed E-state index contributed by atoms with van der Waals surface area (Å²) in [5.74, 6) is -0.290. The summed E-state index contributed by atoms with van der Waals surface area (Å²) in [4.78, 5) is 12.1. The first-order valence-electron chi connectivity index (χ1n) is 6.45. The van der Waals surface area contributed by atoms with Crippen LogP contribution >= 0.6 is 0 Å². The van der Waals surface area contributed by atoms with Gasteiger partial charge in [0.1, 0.15) is 5.69 Å². The van der Waals surface area contributed by atoms with Gasteiger partial charge in [0.2, 0.25) is 0 Å². The van der Waals surface area contributed by atoms with Gasteiger partial charge in [-0.15, -0.1) is 0 Å². The average Bonchev–Trinajstić information content (AvgIpc) is 2.78. The largest absolute Gasteiger partial charge is 0.461 e. The molecule has 1 aromatic heterocycles. The van der Waals surface area contributed by atoms with Crippen LogP contribution in [0.25, 0.3) is 10.9 Å². The number of methoxy groups -OCH3 is 1. The molecule has 0 aliphatic heterocycles. The zero-order valence-electron chi connectivity index (χ0n) is 11.6. The zero-order chi connectivity index (χ0) is 13.8. The molecule has 1 atom stereocenters. The first-order valence-corrected chi connectivity index (χ1v) is 6.45. The van der Waals surface area contributed by atoms with E-state index in [2.05, 4.69) is 0 Å². The number of rotatable bonds is 5. The highest BCUT2D eigenvalue weighted by Crippen LogP contribution is 2.25. The van der Waals surface area contributed by atoms with Crippen molar-refractivity contribution in [2.24, 2.45) is 0 Å². The van der Waals surface area contributed by atoms with Gasteiger partial charge in [0.15, 0.2) is 0 Å². The minimum absolute atomic E-state index is 0.0734. The number of fused-ring (bicyclic) bond motifs is 1. The maximum absolute atomic E-state index is 12.1. The number of hydrogen-bond acceptors (Lipinski definition) is 3. The third-order valence-corrected chi connectivity index (χ3v) is 3.08. The Kier molecular flexibility index (Phi) is 4.22. The summed E-state index contributed by atoms with van der Waals surface area (Å²) in [5.41, 5.74) is 1.60. The minimum atomic E-state index is -0.290. The number of ether oxygens (including phenoxy) is 2. The third-order valence-electron chi connectivity index (χ3n) is 3.08.